The normalized spacial score (nSPS) is 15.6. The van der Waals surface area contributed by atoms with Crippen molar-refractivity contribution in [1.82, 2.24) is 9.21 Å². The molecule has 1 amide bonds. The Hall–Kier alpha value is -2.63. The molecule has 0 radical (unpaired) electrons. The second kappa shape index (κ2) is 8.62. The molecule has 162 valence electrons. The molecule has 30 heavy (non-hydrogen) atoms. The van der Waals surface area contributed by atoms with Gasteiger partial charge in [-0.05, 0) is 42.5 Å². The van der Waals surface area contributed by atoms with Gasteiger partial charge in [0.2, 0.25) is 20.0 Å². The molecule has 1 fully saturated rings. The predicted octanol–water partition coefficient (Wildman–Crippen LogP) is 1.21. The fourth-order valence-electron chi connectivity index (χ4n) is 3.14. The van der Waals surface area contributed by atoms with E-state index in [-0.39, 0.29) is 37.0 Å². The average molecular weight is 454 g/mol. The molecule has 1 N–H and O–H groups in total. The van der Waals surface area contributed by atoms with Crippen molar-refractivity contribution in [1.29, 1.82) is 0 Å². The molecule has 0 spiro atoms. The fraction of sp³-hybridized carbons (Fsp3) is 0.316. The molecule has 1 aliphatic heterocycles. The van der Waals surface area contributed by atoms with Crippen LogP contribution in [0.4, 0.5) is 5.69 Å². The van der Waals surface area contributed by atoms with E-state index in [2.05, 4.69) is 4.72 Å². The number of anilines is 1. The fourth-order valence-corrected chi connectivity index (χ4v) is 5.12. The summed E-state index contributed by atoms with van der Waals surface area (Å²) in [4.78, 5) is 14.5. The summed E-state index contributed by atoms with van der Waals surface area (Å²) in [5, 5.41) is 0. The summed E-state index contributed by atoms with van der Waals surface area (Å²) in [5.74, 6) is 0.283. The maximum Gasteiger partial charge on any atom is 0.254 e. The van der Waals surface area contributed by atoms with Gasteiger partial charge < -0.3 is 9.64 Å². The first-order chi connectivity index (χ1) is 14.1. The number of nitrogens with one attached hydrogen (secondary N) is 1. The molecule has 1 heterocycles. The number of hydrogen-bond donors (Lipinski definition) is 1. The number of carbonyl (C=O) groups excluding carboxylic acids is 1. The number of benzene rings is 2. The minimum atomic E-state index is -3.66. The van der Waals surface area contributed by atoms with E-state index in [4.69, 9.17) is 4.74 Å². The van der Waals surface area contributed by atoms with E-state index < -0.39 is 20.0 Å². The van der Waals surface area contributed by atoms with Crippen molar-refractivity contribution in [3.63, 3.8) is 0 Å². The van der Waals surface area contributed by atoms with Gasteiger partial charge in [-0.25, -0.2) is 16.8 Å². The number of carbonyl (C=O) groups is 1. The zero-order chi connectivity index (χ0) is 21.9. The minimum absolute atomic E-state index is 0.168. The Morgan fingerprint density at radius 1 is 0.967 bits per heavy atom. The van der Waals surface area contributed by atoms with Crippen LogP contribution in [0.5, 0.6) is 5.75 Å². The van der Waals surface area contributed by atoms with Crippen LogP contribution in [-0.4, -0.2) is 71.5 Å². The monoisotopic (exact) mass is 453 g/mol. The van der Waals surface area contributed by atoms with Gasteiger partial charge in [0.25, 0.3) is 5.91 Å². The van der Waals surface area contributed by atoms with Crippen LogP contribution in [0, 0.1) is 0 Å². The number of sulfonamides is 2. The van der Waals surface area contributed by atoms with Crippen molar-refractivity contribution in [2.45, 2.75) is 4.90 Å². The Labute approximate surface area is 176 Å². The first-order valence-electron chi connectivity index (χ1n) is 9.11. The highest BCUT2D eigenvalue weighted by Crippen LogP contribution is 2.21. The standard InChI is InChI=1S/C19H23N3O6S2/c1-28-17-6-8-18(9-7-17)30(26,27)22-12-10-21(11-13-22)19(23)15-4-3-5-16(14-15)20-29(2,24)25/h3-9,14,20H,10-13H2,1-2H3. The molecule has 1 aliphatic rings. The van der Waals surface area contributed by atoms with Gasteiger partial charge in [-0.3, -0.25) is 9.52 Å². The summed E-state index contributed by atoms with van der Waals surface area (Å²) in [6.45, 7) is 0.804. The molecule has 0 aromatic heterocycles. The van der Waals surface area contributed by atoms with Crippen molar-refractivity contribution in [3.05, 3.63) is 54.1 Å². The van der Waals surface area contributed by atoms with Crippen LogP contribution in [0.1, 0.15) is 10.4 Å². The zero-order valence-electron chi connectivity index (χ0n) is 16.6. The number of hydrogen-bond acceptors (Lipinski definition) is 6. The van der Waals surface area contributed by atoms with Crippen LogP contribution in [0.25, 0.3) is 0 Å². The van der Waals surface area contributed by atoms with Gasteiger partial charge in [-0.2, -0.15) is 4.31 Å². The van der Waals surface area contributed by atoms with Crippen LogP contribution in [0.15, 0.2) is 53.4 Å². The SMILES string of the molecule is COc1ccc(S(=O)(=O)N2CCN(C(=O)c3cccc(NS(C)(=O)=O)c3)CC2)cc1. The van der Waals surface area contributed by atoms with Gasteiger partial charge in [0.15, 0.2) is 0 Å². The van der Waals surface area contributed by atoms with Gasteiger partial charge >= 0.3 is 0 Å². The molecule has 0 aliphatic carbocycles. The first kappa shape index (κ1) is 22.1. The van der Waals surface area contributed by atoms with E-state index in [0.717, 1.165) is 6.26 Å². The van der Waals surface area contributed by atoms with Gasteiger partial charge in [0.1, 0.15) is 5.75 Å². The summed E-state index contributed by atoms with van der Waals surface area (Å²) >= 11 is 0. The molecule has 3 rings (SSSR count). The highest BCUT2D eigenvalue weighted by atomic mass is 32.2. The van der Waals surface area contributed by atoms with E-state index in [0.29, 0.717) is 17.0 Å². The van der Waals surface area contributed by atoms with Crippen LogP contribution in [0.3, 0.4) is 0 Å². The largest absolute Gasteiger partial charge is 0.497 e. The average Bonchev–Trinajstić information content (AvgIpc) is 2.72. The summed E-state index contributed by atoms with van der Waals surface area (Å²) in [6.07, 6.45) is 1.03. The third kappa shape index (κ3) is 5.10. The van der Waals surface area contributed by atoms with Crippen molar-refractivity contribution in [2.24, 2.45) is 0 Å². The van der Waals surface area contributed by atoms with E-state index in [1.165, 1.54) is 29.6 Å². The maximum absolute atomic E-state index is 12.8. The number of nitrogens with zero attached hydrogens (tertiary/aromatic N) is 2. The molecule has 0 unspecified atom stereocenters. The van der Waals surface area contributed by atoms with Gasteiger partial charge in [0, 0.05) is 37.4 Å². The lowest BCUT2D eigenvalue weighted by atomic mass is 10.1. The Bertz CT molecular complexity index is 1120. The van der Waals surface area contributed by atoms with E-state index in [9.17, 15) is 21.6 Å². The topological polar surface area (TPSA) is 113 Å². The van der Waals surface area contributed by atoms with Gasteiger partial charge in [-0.1, -0.05) is 6.07 Å². The predicted molar refractivity (Wildman–Crippen MR) is 113 cm³/mol. The van der Waals surface area contributed by atoms with Crippen LogP contribution < -0.4 is 9.46 Å². The lowest BCUT2D eigenvalue weighted by molar-refractivity contribution is 0.0698. The Morgan fingerprint density at radius 3 is 2.17 bits per heavy atom. The quantitative estimate of drug-likeness (QED) is 0.704. The Balaban J connectivity index is 1.67. The minimum Gasteiger partial charge on any atom is -0.497 e. The Morgan fingerprint density at radius 2 is 1.60 bits per heavy atom. The summed E-state index contributed by atoms with van der Waals surface area (Å²) in [5.41, 5.74) is 0.624. The van der Waals surface area contributed by atoms with E-state index in [1.54, 1.807) is 35.2 Å². The lowest BCUT2D eigenvalue weighted by Gasteiger charge is -2.34. The Kier molecular flexibility index (Phi) is 6.34. The highest BCUT2D eigenvalue weighted by Gasteiger charge is 2.30. The lowest BCUT2D eigenvalue weighted by Crippen LogP contribution is -2.50. The highest BCUT2D eigenvalue weighted by molar-refractivity contribution is 7.92. The number of rotatable bonds is 6. The number of ether oxygens (including phenoxy) is 1. The molecule has 0 saturated carbocycles. The molecule has 9 nitrogen and oxygen atoms in total. The third-order valence-electron chi connectivity index (χ3n) is 4.64. The van der Waals surface area contributed by atoms with E-state index >= 15 is 0 Å². The summed E-state index contributed by atoms with van der Waals surface area (Å²) in [7, 11) is -5.61. The second-order valence-electron chi connectivity index (χ2n) is 6.83. The smallest absolute Gasteiger partial charge is 0.254 e. The van der Waals surface area contributed by atoms with Crippen molar-refractivity contribution < 1.29 is 26.4 Å². The van der Waals surface area contributed by atoms with Crippen LogP contribution in [0.2, 0.25) is 0 Å². The molecular weight excluding hydrogens is 430 g/mol. The zero-order valence-corrected chi connectivity index (χ0v) is 18.2. The molecule has 2 aromatic carbocycles. The van der Waals surface area contributed by atoms with Crippen LogP contribution in [-0.2, 0) is 20.0 Å². The third-order valence-corrected chi connectivity index (χ3v) is 7.16. The molecule has 11 heteroatoms. The van der Waals surface area contributed by atoms with E-state index in [1.807, 2.05) is 0 Å². The van der Waals surface area contributed by atoms with Crippen LogP contribution >= 0.6 is 0 Å². The summed E-state index contributed by atoms with van der Waals surface area (Å²) < 4.78 is 57.2. The van der Waals surface area contributed by atoms with Crippen molar-refractivity contribution >= 4 is 31.6 Å². The van der Waals surface area contributed by atoms with Gasteiger partial charge in [0.05, 0.1) is 18.3 Å². The molecule has 0 bridgehead atoms. The van der Waals surface area contributed by atoms with Crippen molar-refractivity contribution in [3.8, 4) is 5.75 Å². The second-order valence-corrected chi connectivity index (χ2v) is 10.5. The van der Waals surface area contributed by atoms with Gasteiger partial charge in [-0.15, -0.1) is 0 Å². The molecule has 1 saturated heterocycles. The van der Waals surface area contributed by atoms with Crippen molar-refractivity contribution in [2.75, 3.05) is 44.3 Å². The first-order valence-corrected chi connectivity index (χ1v) is 12.4. The maximum atomic E-state index is 12.8. The molecule has 2 aromatic rings. The number of piperazine rings is 1. The molecular formula is C19H23N3O6S2. The summed E-state index contributed by atoms with van der Waals surface area (Å²) in [6, 6.07) is 12.4. The number of methoxy groups -OCH3 is 1. The molecule has 0 atom stereocenters. The number of amides is 1.